The largest absolute Gasteiger partial charge is 0.492 e. The minimum absolute atomic E-state index is 0.0636. The van der Waals surface area contributed by atoms with Gasteiger partial charge in [0.15, 0.2) is 0 Å². The maximum Gasteiger partial charge on any atom is 0.229 e. The molecule has 23 heavy (non-hydrogen) atoms. The Morgan fingerprint density at radius 1 is 1.26 bits per heavy atom. The minimum atomic E-state index is -0.0636. The van der Waals surface area contributed by atoms with Crippen LogP contribution in [0.1, 0.15) is 23.0 Å². The number of benzene rings is 1. The van der Waals surface area contributed by atoms with Gasteiger partial charge in [-0.1, -0.05) is 18.2 Å². The summed E-state index contributed by atoms with van der Waals surface area (Å²) in [6.45, 7) is 6.05. The smallest absolute Gasteiger partial charge is 0.229 e. The number of hydrogen-bond acceptors (Lipinski definition) is 3. The molecule has 3 heterocycles. The fourth-order valence-corrected chi connectivity index (χ4v) is 3.55. The van der Waals surface area contributed by atoms with Gasteiger partial charge in [0.1, 0.15) is 12.4 Å². The first-order valence-corrected chi connectivity index (χ1v) is 8.14. The Balaban J connectivity index is 1.39. The normalized spacial score (nSPS) is 20.6. The van der Waals surface area contributed by atoms with Crippen molar-refractivity contribution in [1.29, 1.82) is 0 Å². The second-order valence-corrected chi connectivity index (χ2v) is 6.59. The third-order valence-electron chi connectivity index (χ3n) is 4.79. The first-order chi connectivity index (χ1) is 11.1. The number of aryl methyl sites for hydroxylation is 2. The van der Waals surface area contributed by atoms with Gasteiger partial charge in [0.2, 0.25) is 5.91 Å². The summed E-state index contributed by atoms with van der Waals surface area (Å²) >= 11 is 0. The fourth-order valence-electron chi connectivity index (χ4n) is 3.55. The standard InChI is InChI=1S/C18H21N3O2/c1-12-7-13(2)21(19-12)16-9-20(10-16)18(22)15-8-14-5-3-4-6-17(14)23-11-15/h3-7,15-16H,8-11H2,1-2H3/t15-/m0/s1. The topological polar surface area (TPSA) is 47.4 Å². The molecule has 120 valence electrons. The molecule has 0 bridgehead atoms. The maximum atomic E-state index is 12.7. The summed E-state index contributed by atoms with van der Waals surface area (Å²) in [7, 11) is 0. The second kappa shape index (κ2) is 5.41. The zero-order chi connectivity index (χ0) is 16.0. The monoisotopic (exact) mass is 311 g/mol. The fraction of sp³-hybridized carbons (Fsp3) is 0.444. The number of carbonyl (C=O) groups is 1. The Kier molecular flexibility index (Phi) is 3.36. The molecule has 1 aromatic heterocycles. The van der Waals surface area contributed by atoms with Crippen molar-refractivity contribution in [2.45, 2.75) is 26.3 Å². The highest BCUT2D eigenvalue weighted by molar-refractivity contribution is 5.80. The molecular weight excluding hydrogens is 290 g/mol. The lowest BCUT2D eigenvalue weighted by molar-refractivity contribution is -0.143. The first kappa shape index (κ1) is 14.3. The highest BCUT2D eigenvalue weighted by atomic mass is 16.5. The van der Waals surface area contributed by atoms with Crippen LogP contribution in [0.5, 0.6) is 5.75 Å². The van der Waals surface area contributed by atoms with E-state index >= 15 is 0 Å². The van der Waals surface area contributed by atoms with Gasteiger partial charge in [-0.25, -0.2) is 0 Å². The Bertz CT molecular complexity index is 746. The Morgan fingerprint density at radius 3 is 2.78 bits per heavy atom. The van der Waals surface area contributed by atoms with Gasteiger partial charge in [-0.2, -0.15) is 5.10 Å². The van der Waals surface area contributed by atoms with Crippen LogP contribution in [0, 0.1) is 19.8 Å². The van der Waals surface area contributed by atoms with Gasteiger partial charge in [0, 0.05) is 18.8 Å². The highest BCUT2D eigenvalue weighted by Crippen LogP contribution is 2.30. The summed E-state index contributed by atoms with van der Waals surface area (Å²) in [5, 5.41) is 4.52. The van der Waals surface area contributed by atoms with Crippen LogP contribution in [0.3, 0.4) is 0 Å². The van der Waals surface area contributed by atoms with E-state index in [1.807, 2.05) is 40.8 Å². The zero-order valence-corrected chi connectivity index (χ0v) is 13.5. The van der Waals surface area contributed by atoms with Gasteiger partial charge in [0.25, 0.3) is 0 Å². The molecule has 4 rings (SSSR count). The van der Waals surface area contributed by atoms with E-state index in [-0.39, 0.29) is 11.8 Å². The SMILES string of the molecule is Cc1cc(C)n(C2CN(C(=O)[C@@H]3COc4ccccc4C3)C2)n1. The molecule has 1 amide bonds. The van der Waals surface area contributed by atoms with Crippen LogP contribution in [0.2, 0.25) is 0 Å². The molecule has 2 aromatic rings. The summed E-state index contributed by atoms with van der Waals surface area (Å²) in [6, 6.07) is 10.4. The lowest BCUT2D eigenvalue weighted by atomic mass is 9.94. The number of aromatic nitrogens is 2. The van der Waals surface area contributed by atoms with Crippen LogP contribution in [0.4, 0.5) is 0 Å². The highest BCUT2D eigenvalue weighted by Gasteiger charge is 2.37. The summed E-state index contributed by atoms with van der Waals surface area (Å²) in [4.78, 5) is 14.6. The molecule has 5 heteroatoms. The van der Waals surface area contributed by atoms with E-state index in [4.69, 9.17) is 4.74 Å². The van der Waals surface area contributed by atoms with E-state index < -0.39 is 0 Å². The Hall–Kier alpha value is -2.30. The van der Waals surface area contributed by atoms with Gasteiger partial charge in [0.05, 0.1) is 17.7 Å². The van der Waals surface area contributed by atoms with E-state index in [2.05, 4.69) is 18.1 Å². The van der Waals surface area contributed by atoms with E-state index in [9.17, 15) is 4.79 Å². The van der Waals surface area contributed by atoms with Crippen LogP contribution in [-0.4, -0.2) is 40.3 Å². The molecule has 2 aliphatic heterocycles. The minimum Gasteiger partial charge on any atom is -0.492 e. The summed E-state index contributed by atoms with van der Waals surface area (Å²) in [5.41, 5.74) is 3.33. The lowest BCUT2D eigenvalue weighted by Gasteiger charge is -2.42. The molecule has 0 unspecified atom stereocenters. The first-order valence-electron chi connectivity index (χ1n) is 8.14. The number of amides is 1. The van der Waals surface area contributed by atoms with Gasteiger partial charge in [-0.15, -0.1) is 0 Å². The van der Waals surface area contributed by atoms with Crippen molar-refractivity contribution in [3.63, 3.8) is 0 Å². The molecule has 0 saturated carbocycles. The van der Waals surface area contributed by atoms with Crippen LogP contribution in [0.25, 0.3) is 0 Å². The predicted octanol–water partition coefficient (Wildman–Crippen LogP) is 2.13. The maximum absolute atomic E-state index is 12.7. The number of nitrogens with zero attached hydrogens (tertiary/aromatic N) is 3. The zero-order valence-electron chi connectivity index (χ0n) is 13.5. The molecule has 1 aromatic carbocycles. The summed E-state index contributed by atoms with van der Waals surface area (Å²) < 4.78 is 7.79. The average molecular weight is 311 g/mol. The third kappa shape index (κ3) is 2.50. The summed E-state index contributed by atoms with van der Waals surface area (Å²) in [6.07, 6.45) is 0.774. The molecule has 0 aliphatic carbocycles. The third-order valence-corrected chi connectivity index (χ3v) is 4.79. The molecule has 1 fully saturated rings. The van der Waals surface area contributed by atoms with Gasteiger partial charge < -0.3 is 9.64 Å². The van der Waals surface area contributed by atoms with Crippen molar-refractivity contribution >= 4 is 5.91 Å². The number of likely N-dealkylation sites (tertiary alicyclic amines) is 1. The van der Waals surface area contributed by atoms with Crippen molar-refractivity contribution < 1.29 is 9.53 Å². The number of para-hydroxylation sites is 1. The van der Waals surface area contributed by atoms with E-state index in [1.165, 1.54) is 0 Å². The Morgan fingerprint density at radius 2 is 2.04 bits per heavy atom. The number of hydrogen-bond donors (Lipinski definition) is 0. The van der Waals surface area contributed by atoms with E-state index in [1.54, 1.807) is 0 Å². The van der Waals surface area contributed by atoms with Crippen molar-refractivity contribution in [1.82, 2.24) is 14.7 Å². The van der Waals surface area contributed by atoms with Crippen molar-refractivity contribution in [3.05, 3.63) is 47.3 Å². The van der Waals surface area contributed by atoms with Crippen LogP contribution in [0.15, 0.2) is 30.3 Å². The predicted molar refractivity (Wildman–Crippen MR) is 86.4 cm³/mol. The lowest BCUT2D eigenvalue weighted by Crippen LogP contribution is -2.54. The number of fused-ring (bicyclic) bond motifs is 1. The quantitative estimate of drug-likeness (QED) is 0.853. The van der Waals surface area contributed by atoms with Crippen molar-refractivity contribution in [2.24, 2.45) is 5.92 Å². The molecule has 1 saturated heterocycles. The van der Waals surface area contributed by atoms with Crippen LogP contribution in [-0.2, 0) is 11.2 Å². The molecule has 0 radical (unpaired) electrons. The molecule has 0 N–H and O–H groups in total. The molecular formula is C18H21N3O2. The molecule has 0 spiro atoms. The Labute approximate surface area is 135 Å². The van der Waals surface area contributed by atoms with Crippen LogP contribution >= 0.6 is 0 Å². The number of carbonyl (C=O) groups excluding carboxylic acids is 1. The average Bonchev–Trinajstić information content (AvgIpc) is 2.83. The number of rotatable bonds is 2. The van der Waals surface area contributed by atoms with E-state index in [0.717, 1.165) is 42.2 Å². The van der Waals surface area contributed by atoms with E-state index in [0.29, 0.717) is 12.6 Å². The molecule has 1 atom stereocenters. The van der Waals surface area contributed by atoms with Gasteiger partial charge in [-0.3, -0.25) is 9.48 Å². The van der Waals surface area contributed by atoms with Gasteiger partial charge in [-0.05, 0) is 38.0 Å². The summed E-state index contributed by atoms with van der Waals surface area (Å²) in [5.74, 6) is 1.06. The second-order valence-electron chi connectivity index (χ2n) is 6.59. The van der Waals surface area contributed by atoms with Crippen molar-refractivity contribution in [3.8, 4) is 5.75 Å². The van der Waals surface area contributed by atoms with Gasteiger partial charge >= 0.3 is 0 Å². The van der Waals surface area contributed by atoms with Crippen LogP contribution < -0.4 is 4.74 Å². The van der Waals surface area contributed by atoms with Crippen molar-refractivity contribution in [2.75, 3.05) is 19.7 Å². The molecule has 2 aliphatic rings. The molecule has 5 nitrogen and oxygen atoms in total. The number of ether oxygens (including phenoxy) is 1.